The number of halogens is 1. The van der Waals surface area contributed by atoms with Gasteiger partial charge >= 0.3 is 0 Å². The van der Waals surface area contributed by atoms with E-state index in [1.54, 1.807) is 0 Å². The number of hydrogen-bond donors (Lipinski definition) is 1. The Morgan fingerprint density at radius 3 is 2.58 bits per heavy atom. The highest BCUT2D eigenvalue weighted by Crippen LogP contribution is 2.28. The maximum atomic E-state index is 6.05. The third-order valence-electron chi connectivity index (χ3n) is 1.84. The topological polar surface area (TPSA) is 0 Å². The minimum absolute atomic E-state index is 0.733. The fourth-order valence-corrected chi connectivity index (χ4v) is 1.65. The molecule has 0 amide bonds. The molecule has 0 heterocycles. The number of thiol groups is 1. The van der Waals surface area contributed by atoms with E-state index in [2.05, 4.69) is 12.6 Å². The molecule has 0 aliphatic heterocycles. The summed E-state index contributed by atoms with van der Waals surface area (Å²) >= 11 is 10.3. The molecular weight excluding hydrogens is 188 g/mol. The molecule has 0 saturated carbocycles. The third kappa shape index (κ3) is 1.19. The molecule has 0 N–H and O–H groups in total. The van der Waals surface area contributed by atoms with Gasteiger partial charge in [0.2, 0.25) is 0 Å². The first kappa shape index (κ1) is 7.96. The summed E-state index contributed by atoms with van der Waals surface area (Å²) in [4.78, 5) is 0.829. The molecule has 0 radical (unpaired) electrons. The molecule has 0 fully saturated rings. The van der Waals surface area contributed by atoms with Crippen molar-refractivity contribution in [2.75, 3.05) is 0 Å². The van der Waals surface area contributed by atoms with Crippen molar-refractivity contribution >= 4 is 35.0 Å². The summed E-state index contributed by atoms with van der Waals surface area (Å²) in [6.45, 7) is 0. The zero-order valence-electron chi connectivity index (χ0n) is 6.29. The lowest BCUT2D eigenvalue weighted by atomic mass is 10.1. The van der Waals surface area contributed by atoms with Crippen LogP contribution in [0.3, 0.4) is 0 Å². The highest BCUT2D eigenvalue weighted by atomic mass is 35.5. The summed E-state index contributed by atoms with van der Waals surface area (Å²) in [5.74, 6) is 0. The van der Waals surface area contributed by atoms with Crippen molar-refractivity contribution < 1.29 is 0 Å². The highest BCUT2D eigenvalue weighted by molar-refractivity contribution is 7.80. The van der Waals surface area contributed by atoms with E-state index in [0.29, 0.717) is 0 Å². The standard InChI is InChI=1S/C10H7ClS/c11-10-8-4-2-1-3-7(8)5-6-9(10)12/h1-6,12H. The quantitative estimate of drug-likeness (QED) is 0.607. The maximum absolute atomic E-state index is 6.05. The Bertz CT molecular complexity index is 423. The van der Waals surface area contributed by atoms with Crippen LogP contribution in [0.15, 0.2) is 41.3 Å². The number of hydrogen-bond acceptors (Lipinski definition) is 1. The normalized spacial score (nSPS) is 10.5. The molecule has 12 heavy (non-hydrogen) atoms. The lowest BCUT2D eigenvalue weighted by Crippen LogP contribution is -1.74. The van der Waals surface area contributed by atoms with E-state index in [0.717, 1.165) is 20.7 Å². The van der Waals surface area contributed by atoms with E-state index in [1.807, 2.05) is 36.4 Å². The molecule has 0 aliphatic carbocycles. The largest absolute Gasteiger partial charge is 0.142 e. The van der Waals surface area contributed by atoms with Crippen LogP contribution in [-0.4, -0.2) is 0 Å². The summed E-state index contributed by atoms with van der Waals surface area (Å²) in [5.41, 5.74) is 0. The zero-order valence-corrected chi connectivity index (χ0v) is 7.94. The predicted molar refractivity (Wildman–Crippen MR) is 56.2 cm³/mol. The lowest BCUT2D eigenvalue weighted by molar-refractivity contribution is 1.52. The van der Waals surface area contributed by atoms with Gasteiger partial charge in [0.15, 0.2) is 0 Å². The smallest absolute Gasteiger partial charge is 0.0617 e. The summed E-state index contributed by atoms with van der Waals surface area (Å²) in [7, 11) is 0. The van der Waals surface area contributed by atoms with Gasteiger partial charge in [-0.05, 0) is 11.5 Å². The predicted octanol–water partition coefficient (Wildman–Crippen LogP) is 3.78. The van der Waals surface area contributed by atoms with Crippen molar-refractivity contribution in [2.45, 2.75) is 4.90 Å². The van der Waals surface area contributed by atoms with Crippen LogP contribution in [0.5, 0.6) is 0 Å². The van der Waals surface area contributed by atoms with E-state index in [-0.39, 0.29) is 0 Å². The van der Waals surface area contributed by atoms with Gasteiger partial charge in [0.1, 0.15) is 0 Å². The van der Waals surface area contributed by atoms with Crippen LogP contribution in [0.1, 0.15) is 0 Å². The summed E-state index contributed by atoms with van der Waals surface area (Å²) in [5, 5.41) is 2.95. The lowest BCUT2D eigenvalue weighted by Gasteiger charge is -2.01. The molecule has 0 bridgehead atoms. The molecule has 0 spiro atoms. The van der Waals surface area contributed by atoms with Crippen LogP contribution < -0.4 is 0 Å². The molecule has 2 heteroatoms. The van der Waals surface area contributed by atoms with Gasteiger partial charge in [0.05, 0.1) is 5.02 Å². The first-order valence-electron chi connectivity index (χ1n) is 3.65. The molecule has 0 atom stereocenters. The van der Waals surface area contributed by atoms with Gasteiger partial charge in [-0.25, -0.2) is 0 Å². The second-order valence-corrected chi connectivity index (χ2v) is 3.48. The molecule has 0 aliphatic rings. The Hall–Kier alpha value is -0.660. The average Bonchev–Trinajstić information content (AvgIpc) is 2.12. The van der Waals surface area contributed by atoms with Gasteiger partial charge in [-0.2, -0.15) is 0 Å². The summed E-state index contributed by atoms with van der Waals surface area (Å²) < 4.78 is 0. The third-order valence-corrected chi connectivity index (χ3v) is 2.75. The van der Waals surface area contributed by atoms with Crippen molar-refractivity contribution in [1.29, 1.82) is 0 Å². The number of rotatable bonds is 0. The van der Waals surface area contributed by atoms with Gasteiger partial charge in [0, 0.05) is 10.3 Å². The Morgan fingerprint density at radius 2 is 1.75 bits per heavy atom. The van der Waals surface area contributed by atoms with Gasteiger partial charge in [0.25, 0.3) is 0 Å². The Balaban J connectivity index is 2.91. The Labute approximate surface area is 81.6 Å². The first-order chi connectivity index (χ1) is 5.79. The molecule has 2 rings (SSSR count). The fraction of sp³-hybridized carbons (Fsp3) is 0. The molecule has 2 aromatic rings. The van der Waals surface area contributed by atoms with Crippen LogP contribution in [0.2, 0.25) is 5.02 Å². The SMILES string of the molecule is Sc1ccc2ccccc2c1Cl. The molecule has 60 valence electrons. The van der Waals surface area contributed by atoms with Crippen molar-refractivity contribution in [2.24, 2.45) is 0 Å². The van der Waals surface area contributed by atoms with Crippen molar-refractivity contribution in [3.8, 4) is 0 Å². The van der Waals surface area contributed by atoms with Crippen LogP contribution >= 0.6 is 24.2 Å². The van der Waals surface area contributed by atoms with Crippen molar-refractivity contribution in [3.63, 3.8) is 0 Å². The maximum Gasteiger partial charge on any atom is 0.0617 e. The zero-order chi connectivity index (χ0) is 8.55. The van der Waals surface area contributed by atoms with Gasteiger partial charge in [-0.3, -0.25) is 0 Å². The van der Waals surface area contributed by atoms with Crippen LogP contribution in [0.4, 0.5) is 0 Å². The molecule has 2 aromatic carbocycles. The molecule has 0 nitrogen and oxygen atoms in total. The van der Waals surface area contributed by atoms with Crippen LogP contribution in [-0.2, 0) is 0 Å². The molecule has 0 saturated heterocycles. The molecule has 0 aromatic heterocycles. The molecule has 0 unspecified atom stereocenters. The first-order valence-corrected chi connectivity index (χ1v) is 4.48. The minimum Gasteiger partial charge on any atom is -0.142 e. The Kier molecular flexibility index (Phi) is 1.99. The number of benzene rings is 2. The average molecular weight is 195 g/mol. The van der Waals surface area contributed by atoms with Gasteiger partial charge in [-0.1, -0.05) is 41.9 Å². The van der Waals surface area contributed by atoms with E-state index in [9.17, 15) is 0 Å². The van der Waals surface area contributed by atoms with Crippen LogP contribution in [0.25, 0.3) is 10.8 Å². The second kappa shape index (κ2) is 3.00. The van der Waals surface area contributed by atoms with E-state index in [1.165, 1.54) is 0 Å². The number of fused-ring (bicyclic) bond motifs is 1. The monoisotopic (exact) mass is 194 g/mol. The van der Waals surface area contributed by atoms with Gasteiger partial charge in [-0.15, -0.1) is 12.6 Å². The fourth-order valence-electron chi connectivity index (χ4n) is 1.22. The second-order valence-electron chi connectivity index (χ2n) is 2.62. The summed E-state index contributed by atoms with van der Waals surface area (Å²) in [6.07, 6.45) is 0. The highest BCUT2D eigenvalue weighted by Gasteiger charge is 2.00. The van der Waals surface area contributed by atoms with E-state index >= 15 is 0 Å². The minimum atomic E-state index is 0.733. The van der Waals surface area contributed by atoms with Gasteiger partial charge < -0.3 is 0 Å². The summed E-state index contributed by atoms with van der Waals surface area (Å²) in [6, 6.07) is 11.9. The van der Waals surface area contributed by atoms with Crippen molar-refractivity contribution in [3.05, 3.63) is 41.4 Å². The Morgan fingerprint density at radius 1 is 1.00 bits per heavy atom. The molecular formula is C10H7ClS. The van der Waals surface area contributed by atoms with E-state index in [4.69, 9.17) is 11.6 Å². The van der Waals surface area contributed by atoms with Crippen molar-refractivity contribution in [1.82, 2.24) is 0 Å². The van der Waals surface area contributed by atoms with E-state index < -0.39 is 0 Å². The van der Waals surface area contributed by atoms with Crippen LogP contribution in [0, 0.1) is 0 Å².